The van der Waals surface area contributed by atoms with Crippen LogP contribution in [0.2, 0.25) is 0 Å². The van der Waals surface area contributed by atoms with Crippen LogP contribution in [0.3, 0.4) is 0 Å². The highest BCUT2D eigenvalue weighted by molar-refractivity contribution is 5.69. The van der Waals surface area contributed by atoms with Gasteiger partial charge >= 0.3 is 12.2 Å². The van der Waals surface area contributed by atoms with Gasteiger partial charge in [0.15, 0.2) is 0 Å². The number of ether oxygens (including phenoxy) is 2. The number of carbonyl (C=O) groups excluding carboxylic acids is 2. The van der Waals surface area contributed by atoms with E-state index in [2.05, 4.69) is 9.57 Å². The Bertz CT molecular complexity index is 365. The van der Waals surface area contributed by atoms with Crippen LogP contribution in [0.15, 0.2) is 30.3 Å². The number of hydrogen-bond acceptors (Lipinski definition) is 5. The lowest BCUT2D eigenvalue weighted by molar-refractivity contribution is 0.0130. The van der Waals surface area contributed by atoms with Gasteiger partial charge in [0.1, 0.15) is 6.61 Å². The average Bonchev–Trinajstić information content (AvgIpc) is 2.35. The maximum absolute atomic E-state index is 11.1. The van der Waals surface area contributed by atoms with Crippen molar-refractivity contribution in [2.75, 3.05) is 6.61 Å². The van der Waals surface area contributed by atoms with Gasteiger partial charge in [-0.1, -0.05) is 30.3 Å². The zero-order valence-electron chi connectivity index (χ0n) is 9.34. The molecule has 0 aliphatic rings. The van der Waals surface area contributed by atoms with Crippen LogP contribution < -0.4 is 5.48 Å². The highest BCUT2D eigenvalue weighted by atomic mass is 16.8. The van der Waals surface area contributed by atoms with E-state index in [9.17, 15) is 9.59 Å². The van der Waals surface area contributed by atoms with Gasteiger partial charge in [-0.05, 0) is 12.5 Å². The number of hydrogen-bond donors (Lipinski definition) is 1. The lowest BCUT2D eigenvalue weighted by Gasteiger charge is -2.06. The second-order valence-electron chi connectivity index (χ2n) is 2.95. The van der Waals surface area contributed by atoms with Crippen molar-refractivity contribution in [3.63, 3.8) is 0 Å². The molecule has 0 spiro atoms. The van der Waals surface area contributed by atoms with Gasteiger partial charge in [0.05, 0.1) is 6.61 Å². The second kappa shape index (κ2) is 7.10. The molecule has 1 rings (SSSR count). The van der Waals surface area contributed by atoms with Crippen LogP contribution in [0.4, 0.5) is 9.59 Å². The summed E-state index contributed by atoms with van der Waals surface area (Å²) in [4.78, 5) is 26.0. The molecule has 0 saturated heterocycles. The van der Waals surface area contributed by atoms with Crippen LogP contribution in [-0.4, -0.2) is 18.9 Å². The first-order chi connectivity index (χ1) is 8.22. The Morgan fingerprint density at radius 1 is 1.18 bits per heavy atom. The summed E-state index contributed by atoms with van der Waals surface area (Å²) in [5.41, 5.74) is 2.63. The number of hydroxylamine groups is 1. The van der Waals surface area contributed by atoms with Gasteiger partial charge in [0.2, 0.25) is 0 Å². The smallest absolute Gasteiger partial charge is 0.443 e. The Morgan fingerprint density at radius 3 is 2.53 bits per heavy atom. The number of rotatable bonds is 3. The van der Waals surface area contributed by atoms with E-state index in [1.807, 2.05) is 18.2 Å². The molecular weight excluding hydrogens is 226 g/mol. The molecular formula is C11H13NO5. The largest absolute Gasteiger partial charge is 0.533 e. The summed E-state index contributed by atoms with van der Waals surface area (Å²) >= 11 is 0. The van der Waals surface area contributed by atoms with Gasteiger partial charge in [0.25, 0.3) is 0 Å². The monoisotopic (exact) mass is 239 g/mol. The van der Waals surface area contributed by atoms with Gasteiger partial charge in [-0.15, -0.1) is 5.48 Å². The zero-order valence-corrected chi connectivity index (χ0v) is 9.34. The molecule has 0 unspecified atom stereocenters. The third kappa shape index (κ3) is 5.41. The Labute approximate surface area is 98.4 Å². The minimum Gasteiger partial charge on any atom is -0.443 e. The van der Waals surface area contributed by atoms with Crippen molar-refractivity contribution in [1.29, 1.82) is 0 Å². The fourth-order valence-electron chi connectivity index (χ4n) is 0.983. The first-order valence-corrected chi connectivity index (χ1v) is 5.02. The summed E-state index contributed by atoms with van der Waals surface area (Å²) in [5.74, 6) is 0. The first-order valence-electron chi connectivity index (χ1n) is 5.02. The minimum atomic E-state index is -0.982. The number of nitrogens with one attached hydrogen (secondary N) is 1. The Hall–Kier alpha value is -2.24. The molecule has 6 heteroatoms. The molecule has 0 radical (unpaired) electrons. The molecule has 92 valence electrons. The third-order valence-corrected chi connectivity index (χ3v) is 1.69. The molecule has 0 aromatic heterocycles. The maximum atomic E-state index is 11.1. The number of benzene rings is 1. The van der Waals surface area contributed by atoms with Crippen molar-refractivity contribution in [2.24, 2.45) is 0 Å². The van der Waals surface area contributed by atoms with Crippen molar-refractivity contribution >= 4 is 12.2 Å². The Morgan fingerprint density at radius 2 is 1.88 bits per heavy atom. The Balaban J connectivity index is 2.20. The van der Waals surface area contributed by atoms with Crippen molar-refractivity contribution in [3.05, 3.63) is 35.9 Å². The maximum Gasteiger partial charge on any atom is 0.533 e. The van der Waals surface area contributed by atoms with Crippen LogP contribution in [-0.2, 0) is 20.9 Å². The van der Waals surface area contributed by atoms with Crippen LogP contribution in [0, 0.1) is 0 Å². The van der Waals surface area contributed by atoms with Crippen LogP contribution in [0.25, 0.3) is 0 Å². The van der Waals surface area contributed by atoms with Crippen molar-refractivity contribution in [3.8, 4) is 0 Å². The minimum absolute atomic E-state index is 0.0961. The molecule has 0 bridgehead atoms. The molecule has 0 saturated carbocycles. The molecule has 1 aromatic carbocycles. The van der Waals surface area contributed by atoms with Gasteiger partial charge in [-0.2, -0.15) is 0 Å². The number of amides is 1. The highest BCUT2D eigenvalue weighted by Gasteiger charge is 2.07. The highest BCUT2D eigenvalue weighted by Crippen LogP contribution is 2.00. The molecule has 6 nitrogen and oxygen atoms in total. The standard InChI is InChI=1S/C11H13NO5/c1-2-15-11(14)17-12-10(13)16-8-9-6-4-3-5-7-9/h3-7H,2,8H2,1H3,(H,12,13). The molecule has 0 heterocycles. The lowest BCUT2D eigenvalue weighted by atomic mass is 10.2. The topological polar surface area (TPSA) is 73.9 Å². The van der Waals surface area contributed by atoms with E-state index >= 15 is 0 Å². The first kappa shape index (κ1) is 12.8. The predicted octanol–water partition coefficient (Wildman–Crippen LogP) is 2.00. The van der Waals surface area contributed by atoms with Gasteiger partial charge in [-0.25, -0.2) is 9.59 Å². The summed E-state index contributed by atoms with van der Waals surface area (Å²) in [5, 5.41) is 0. The quantitative estimate of drug-likeness (QED) is 0.645. The molecule has 1 aromatic rings. The van der Waals surface area contributed by atoms with Gasteiger partial charge in [0, 0.05) is 0 Å². The van der Waals surface area contributed by atoms with E-state index in [-0.39, 0.29) is 13.2 Å². The van der Waals surface area contributed by atoms with Crippen molar-refractivity contribution in [1.82, 2.24) is 5.48 Å². The van der Waals surface area contributed by atoms with Gasteiger partial charge in [-0.3, -0.25) is 0 Å². The van der Waals surface area contributed by atoms with Crippen LogP contribution in [0.5, 0.6) is 0 Å². The SMILES string of the molecule is CCOC(=O)ONC(=O)OCc1ccccc1. The van der Waals surface area contributed by atoms with Crippen molar-refractivity contribution < 1.29 is 23.9 Å². The van der Waals surface area contributed by atoms with E-state index in [0.717, 1.165) is 5.56 Å². The van der Waals surface area contributed by atoms with E-state index in [4.69, 9.17) is 4.74 Å². The molecule has 0 aliphatic heterocycles. The van der Waals surface area contributed by atoms with E-state index in [1.165, 1.54) is 0 Å². The second-order valence-corrected chi connectivity index (χ2v) is 2.95. The van der Waals surface area contributed by atoms with Crippen molar-refractivity contribution in [2.45, 2.75) is 13.5 Å². The molecule has 1 amide bonds. The van der Waals surface area contributed by atoms with E-state index < -0.39 is 12.2 Å². The molecule has 17 heavy (non-hydrogen) atoms. The fraction of sp³-hybridized carbons (Fsp3) is 0.273. The molecule has 1 N–H and O–H groups in total. The van der Waals surface area contributed by atoms with E-state index in [1.54, 1.807) is 24.5 Å². The number of carbonyl (C=O) groups is 2. The summed E-state index contributed by atoms with van der Waals surface area (Å²) < 4.78 is 9.20. The zero-order chi connectivity index (χ0) is 12.5. The molecule has 0 fully saturated rings. The molecule has 0 atom stereocenters. The fourth-order valence-corrected chi connectivity index (χ4v) is 0.983. The normalized spacial score (nSPS) is 9.24. The average molecular weight is 239 g/mol. The molecule has 0 aliphatic carbocycles. The summed E-state index contributed by atoms with van der Waals surface area (Å²) in [6, 6.07) is 9.11. The predicted molar refractivity (Wildman–Crippen MR) is 57.9 cm³/mol. The van der Waals surface area contributed by atoms with E-state index in [0.29, 0.717) is 0 Å². The summed E-state index contributed by atoms with van der Waals surface area (Å²) in [6.07, 6.45) is -1.84. The van der Waals surface area contributed by atoms with Crippen LogP contribution in [0.1, 0.15) is 12.5 Å². The summed E-state index contributed by atoms with van der Waals surface area (Å²) in [6.45, 7) is 1.88. The van der Waals surface area contributed by atoms with Crippen LogP contribution >= 0.6 is 0 Å². The lowest BCUT2D eigenvalue weighted by Crippen LogP contribution is -2.28. The third-order valence-electron chi connectivity index (χ3n) is 1.69. The summed E-state index contributed by atoms with van der Waals surface area (Å²) in [7, 11) is 0. The van der Waals surface area contributed by atoms with Gasteiger partial charge < -0.3 is 14.3 Å². The Kier molecular flexibility index (Phi) is 5.36.